The minimum Gasteiger partial charge on any atom is -0.480 e. The largest absolute Gasteiger partial charge is 0.480 e. The summed E-state index contributed by atoms with van der Waals surface area (Å²) in [5, 5.41) is 18.2. The highest BCUT2D eigenvalue weighted by molar-refractivity contribution is 7.89. The summed E-state index contributed by atoms with van der Waals surface area (Å²) in [4.78, 5) is 22.3. The molecule has 0 rings (SSSR count). The van der Waals surface area contributed by atoms with E-state index in [1.54, 1.807) is 13.8 Å². The van der Waals surface area contributed by atoms with Crippen LogP contribution in [0, 0.1) is 5.92 Å². The van der Waals surface area contributed by atoms with Crippen LogP contribution >= 0.6 is 0 Å². The second kappa shape index (κ2) is 7.17. The summed E-state index contributed by atoms with van der Waals surface area (Å²) in [5.74, 6) is -1.76. The number of carboxylic acid groups (broad SMARTS) is 1. The van der Waals surface area contributed by atoms with Gasteiger partial charge in [0.15, 0.2) is 0 Å². The summed E-state index contributed by atoms with van der Waals surface area (Å²) >= 11 is 0. The van der Waals surface area contributed by atoms with Crippen molar-refractivity contribution in [2.45, 2.75) is 26.3 Å². The number of amides is 2. The van der Waals surface area contributed by atoms with E-state index in [1.165, 1.54) is 0 Å². The summed E-state index contributed by atoms with van der Waals surface area (Å²) in [6.45, 7) is 3.34. The number of aliphatic carboxylic acids is 1. The lowest BCUT2D eigenvalue weighted by atomic mass is 9.99. The van der Waals surface area contributed by atoms with Crippen molar-refractivity contribution in [1.29, 1.82) is 0 Å². The maximum absolute atomic E-state index is 11.3. The molecule has 0 radical (unpaired) electrons. The van der Waals surface area contributed by atoms with Crippen LogP contribution in [0.5, 0.6) is 0 Å². The van der Waals surface area contributed by atoms with Crippen molar-refractivity contribution in [2.24, 2.45) is 11.1 Å². The zero-order chi connectivity index (χ0) is 14.3. The Bertz CT molecular complexity index is 395. The van der Waals surface area contributed by atoms with Gasteiger partial charge in [-0.25, -0.2) is 23.1 Å². The lowest BCUT2D eigenvalue weighted by Crippen LogP contribution is -2.49. The molecule has 0 aliphatic heterocycles. The first kappa shape index (κ1) is 16.6. The minimum absolute atomic E-state index is 0.169. The van der Waals surface area contributed by atoms with Gasteiger partial charge in [0, 0.05) is 6.54 Å². The van der Waals surface area contributed by atoms with Gasteiger partial charge < -0.3 is 15.7 Å². The molecule has 0 heterocycles. The number of carbonyl (C=O) groups excluding carboxylic acids is 1. The Kier molecular flexibility index (Phi) is 6.63. The Morgan fingerprint density at radius 1 is 1.39 bits per heavy atom. The molecule has 0 aromatic heterocycles. The number of nitrogens with one attached hydrogen (secondary N) is 2. The molecule has 1 unspecified atom stereocenters. The van der Waals surface area contributed by atoms with Crippen LogP contribution in [0.25, 0.3) is 0 Å². The fraction of sp³-hybridized carbons (Fsp3) is 0.778. The third-order valence-corrected chi connectivity index (χ3v) is 3.21. The van der Waals surface area contributed by atoms with E-state index in [1.807, 2.05) is 0 Å². The maximum Gasteiger partial charge on any atom is 0.326 e. The first-order valence-corrected chi connectivity index (χ1v) is 7.16. The molecule has 18 heavy (non-hydrogen) atoms. The fourth-order valence-electron chi connectivity index (χ4n) is 1.18. The van der Waals surface area contributed by atoms with Crippen molar-refractivity contribution in [3.63, 3.8) is 0 Å². The molecule has 0 aliphatic rings. The maximum atomic E-state index is 11.3. The molecule has 0 aliphatic carbocycles. The summed E-state index contributed by atoms with van der Waals surface area (Å²) < 4.78 is 21.2. The number of primary sulfonamides is 1. The summed E-state index contributed by atoms with van der Waals surface area (Å²) in [5.41, 5.74) is 0. The first-order chi connectivity index (χ1) is 8.17. The molecule has 5 N–H and O–H groups in total. The standard InChI is InChI=1S/C9H19N3O5S/c1-3-6(2)7(8(13)14)12-9(15)11-4-5-18(10,16)17/h6-7H,3-5H2,1-2H3,(H,13,14)(H2,10,16,17)(H2,11,12,15)/t6?,7-/m0/s1. The molecule has 0 bridgehead atoms. The average molecular weight is 281 g/mol. The highest BCUT2D eigenvalue weighted by Crippen LogP contribution is 2.07. The Labute approximate surface area is 106 Å². The molecular formula is C9H19N3O5S. The van der Waals surface area contributed by atoms with Crippen molar-refractivity contribution in [1.82, 2.24) is 10.6 Å². The van der Waals surface area contributed by atoms with Gasteiger partial charge in [0.2, 0.25) is 10.0 Å². The van der Waals surface area contributed by atoms with Crippen molar-refractivity contribution in [3.05, 3.63) is 0 Å². The summed E-state index contributed by atoms with van der Waals surface area (Å²) in [6, 6.07) is -1.74. The van der Waals surface area contributed by atoms with E-state index in [4.69, 9.17) is 10.2 Å². The average Bonchev–Trinajstić information content (AvgIpc) is 2.22. The van der Waals surface area contributed by atoms with Gasteiger partial charge >= 0.3 is 12.0 Å². The van der Waals surface area contributed by atoms with Gasteiger partial charge in [0.25, 0.3) is 0 Å². The molecule has 0 aromatic carbocycles. The van der Waals surface area contributed by atoms with Crippen LogP contribution in [-0.4, -0.2) is 43.9 Å². The number of hydrogen-bond acceptors (Lipinski definition) is 4. The number of rotatable bonds is 7. The molecule has 0 spiro atoms. The van der Waals surface area contributed by atoms with Crippen molar-refractivity contribution >= 4 is 22.0 Å². The van der Waals surface area contributed by atoms with Gasteiger partial charge in [-0.1, -0.05) is 20.3 Å². The smallest absolute Gasteiger partial charge is 0.326 e. The van der Waals surface area contributed by atoms with E-state index in [-0.39, 0.29) is 12.5 Å². The number of sulfonamides is 1. The molecule has 8 nitrogen and oxygen atoms in total. The van der Waals surface area contributed by atoms with E-state index in [2.05, 4.69) is 10.6 Å². The Morgan fingerprint density at radius 3 is 2.33 bits per heavy atom. The molecule has 0 saturated heterocycles. The van der Waals surface area contributed by atoms with Gasteiger partial charge in [-0.05, 0) is 5.92 Å². The quantitative estimate of drug-likeness (QED) is 0.477. The summed E-state index contributed by atoms with van der Waals surface area (Å²) in [6.07, 6.45) is 0.592. The van der Waals surface area contributed by atoms with E-state index in [0.717, 1.165) is 0 Å². The molecule has 2 amide bonds. The number of urea groups is 1. The van der Waals surface area contributed by atoms with Gasteiger partial charge in [-0.15, -0.1) is 0 Å². The third kappa shape index (κ3) is 7.07. The first-order valence-electron chi connectivity index (χ1n) is 5.45. The SMILES string of the molecule is CCC(C)[C@H](NC(=O)NCCS(N)(=O)=O)C(=O)O. The normalized spacial score (nSPS) is 14.6. The lowest BCUT2D eigenvalue weighted by molar-refractivity contribution is -0.140. The van der Waals surface area contributed by atoms with E-state index >= 15 is 0 Å². The lowest BCUT2D eigenvalue weighted by Gasteiger charge is -2.20. The van der Waals surface area contributed by atoms with Crippen LogP contribution in [0.3, 0.4) is 0 Å². The molecular weight excluding hydrogens is 262 g/mol. The number of nitrogens with two attached hydrogens (primary N) is 1. The Hall–Kier alpha value is -1.35. The topological polar surface area (TPSA) is 139 Å². The zero-order valence-electron chi connectivity index (χ0n) is 10.3. The molecule has 0 aromatic rings. The predicted molar refractivity (Wildman–Crippen MR) is 65.4 cm³/mol. The molecule has 2 atom stereocenters. The second-order valence-electron chi connectivity index (χ2n) is 3.97. The predicted octanol–water partition coefficient (Wildman–Crippen LogP) is -0.927. The van der Waals surface area contributed by atoms with Crippen LogP contribution in [0.1, 0.15) is 20.3 Å². The highest BCUT2D eigenvalue weighted by atomic mass is 32.2. The minimum atomic E-state index is -3.64. The second-order valence-corrected chi connectivity index (χ2v) is 5.70. The van der Waals surface area contributed by atoms with Gasteiger partial charge in [-0.2, -0.15) is 0 Å². The van der Waals surface area contributed by atoms with Crippen LogP contribution in [0.4, 0.5) is 4.79 Å². The van der Waals surface area contributed by atoms with Crippen LogP contribution in [0.15, 0.2) is 0 Å². The van der Waals surface area contributed by atoms with E-state index in [0.29, 0.717) is 6.42 Å². The van der Waals surface area contributed by atoms with Crippen molar-refractivity contribution in [3.8, 4) is 0 Å². The summed E-state index contributed by atoms with van der Waals surface area (Å²) in [7, 11) is -3.64. The molecule has 0 fully saturated rings. The number of carbonyl (C=O) groups is 2. The fourth-order valence-corrected chi connectivity index (χ4v) is 1.57. The molecule has 0 saturated carbocycles. The zero-order valence-corrected chi connectivity index (χ0v) is 11.2. The Morgan fingerprint density at radius 2 is 1.94 bits per heavy atom. The van der Waals surface area contributed by atoms with E-state index in [9.17, 15) is 18.0 Å². The highest BCUT2D eigenvalue weighted by Gasteiger charge is 2.25. The molecule has 9 heteroatoms. The molecule has 106 valence electrons. The Balaban J connectivity index is 4.23. The number of carboxylic acids is 1. The van der Waals surface area contributed by atoms with Crippen LogP contribution in [0.2, 0.25) is 0 Å². The third-order valence-electron chi connectivity index (χ3n) is 2.44. The van der Waals surface area contributed by atoms with Crippen LogP contribution in [-0.2, 0) is 14.8 Å². The monoisotopic (exact) mass is 281 g/mol. The van der Waals surface area contributed by atoms with Gasteiger partial charge in [-0.3, -0.25) is 0 Å². The van der Waals surface area contributed by atoms with Crippen molar-refractivity contribution in [2.75, 3.05) is 12.3 Å². The number of hydrogen-bond donors (Lipinski definition) is 4. The van der Waals surface area contributed by atoms with Gasteiger partial charge in [0.1, 0.15) is 6.04 Å². The van der Waals surface area contributed by atoms with E-state index < -0.39 is 33.8 Å². The van der Waals surface area contributed by atoms with Gasteiger partial charge in [0.05, 0.1) is 5.75 Å². The van der Waals surface area contributed by atoms with Crippen LogP contribution < -0.4 is 15.8 Å². The van der Waals surface area contributed by atoms with Crippen molar-refractivity contribution < 1.29 is 23.1 Å².